The van der Waals surface area contributed by atoms with Crippen molar-refractivity contribution in [2.45, 2.75) is 43.9 Å². The van der Waals surface area contributed by atoms with Gasteiger partial charge in [-0.05, 0) is 61.6 Å². The van der Waals surface area contributed by atoms with Crippen LogP contribution in [0.1, 0.15) is 52.7 Å². The first-order valence-corrected chi connectivity index (χ1v) is 15.4. The molecule has 5 aromatic rings. The van der Waals surface area contributed by atoms with Crippen molar-refractivity contribution >= 4 is 43.7 Å². The third-order valence-electron chi connectivity index (χ3n) is 7.33. The van der Waals surface area contributed by atoms with Crippen LogP contribution in [0.25, 0.3) is 21.8 Å². The molecule has 0 aliphatic rings. The van der Waals surface area contributed by atoms with Crippen molar-refractivity contribution in [2.75, 3.05) is 6.54 Å². The van der Waals surface area contributed by atoms with E-state index in [4.69, 9.17) is 10.1 Å². The molecule has 42 heavy (non-hydrogen) atoms. The van der Waals surface area contributed by atoms with Crippen LogP contribution in [0, 0.1) is 6.92 Å². The molecule has 0 unspecified atom stereocenters. The zero-order valence-electron chi connectivity index (χ0n) is 23.4. The maximum atomic E-state index is 14.7. The standard InChI is InChI=1S/C34H32N2O5S/c1-24-18-20-27(21-19-24)42(40,41)36(22-9-3-6-17-31(37)38)34(39)33-28-14-7-8-15-29(28)35-30-16-10-13-26(32(30)33)23-25-11-4-2-5-12-25/h2,4-5,7-8,10-16,18-21H,3,6,9,17,22-23H2,1H3,(H,37,38). The number of aliphatic carboxylic acids is 1. The molecule has 0 saturated heterocycles. The second kappa shape index (κ2) is 12.5. The van der Waals surface area contributed by atoms with Crippen molar-refractivity contribution < 1.29 is 23.1 Å². The fraction of sp³-hybridized carbons (Fsp3) is 0.206. The summed E-state index contributed by atoms with van der Waals surface area (Å²) in [5, 5.41) is 10.2. The monoisotopic (exact) mass is 580 g/mol. The number of carboxylic acid groups (broad SMARTS) is 1. The van der Waals surface area contributed by atoms with E-state index in [1.807, 2.05) is 73.7 Å². The Bertz CT molecular complexity index is 1850. The van der Waals surface area contributed by atoms with Crippen LogP contribution in [0.4, 0.5) is 0 Å². The van der Waals surface area contributed by atoms with Gasteiger partial charge in [-0.25, -0.2) is 17.7 Å². The predicted molar refractivity (Wildman–Crippen MR) is 164 cm³/mol. The molecule has 5 rings (SSSR count). The normalized spacial score (nSPS) is 11.5. The van der Waals surface area contributed by atoms with Gasteiger partial charge in [0.15, 0.2) is 0 Å². The maximum absolute atomic E-state index is 14.7. The summed E-state index contributed by atoms with van der Waals surface area (Å²) in [6.07, 6.45) is 1.72. The van der Waals surface area contributed by atoms with Gasteiger partial charge in [0, 0.05) is 23.7 Å². The molecular weight excluding hydrogens is 548 g/mol. The second-order valence-corrected chi connectivity index (χ2v) is 12.2. The van der Waals surface area contributed by atoms with Gasteiger partial charge in [0.2, 0.25) is 0 Å². The van der Waals surface area contributed by atoms with E-state index in [1.165, 1.54) is 12.1 Å². The number of aromatic nitrogens is 1. The Balaban J connectivity index is 1.67. The Morgan fingerprint density at radius 1 is 0.786 bits per heavy atom. The van der Waals surface area contributed by atoms with Gasteiger partial charge in [-0.3, -0.25) is 9.59 Å². The van der Waals surface area contributed by atoms with Crippen LogP contribution in [-0.2, 0) is 21.2 Å². The number of unbranched alkanes of at least 4 members (excludes halogenated alkanes) is 2. The van der Waals surface area contributed by atoms with Crippen LogP contribution in [0.2, 0.25) is 0 Å². The number of sulfonamides is 1. The molecule has 214 valence electrons. The second-order valence-electron chi connectivity index (χ2n) is 10.4. The summed E-state index contributed by atoms with van der Waals surface area (Å²) in [5.41, 5.74) is 4.33. The van der Waals surface area contributed by atoms with Crippen molar-refractivity contribution in [1.82, 2.24) is 9.29 Å². The minimum Gasteiger partial charge on any atom is -0.481 e. The average molecular weight is 581 g/mol. The Morgan fingerprint density at radius 2 is 1.48 bits per heavy atom. The van der Waals surface area contributed by atoms with E-state index in [0.29, 0.717) is 53.1 Å². The van der Waals surface area contributed by atoms with Gasteiger partial charge in [0.05, 0.1) is 21.5 Å². The molecular formula is C34H32N2O5S. The molecule has 0 aliphatic carbocycles. The predicted octanol–water partition coefficient (Wildman–Crippen LogP) is 6.76. The highest BCUT2D eigenvalue weighted by Crippen LogP contribution is 2.33. The van der Waals surface area contributed by atoms with Crippen LogP contribution < -0.4 is 0 Å². The summed E-state index contributed by atoms with van der Waals surface area (Å²) in [6, 6.07) is 29.3. The first-order valence-electron chi connectivity index (χ1n) is 14.0. The van der Waals surface area contributed by atoms with Gasteiger partial charge in [0.1, 0.15) is 0 Å². The molecule has 0 aliphatic heterocycles. The summed E-state index contributed by atoms with van der Waals surface area (Å²) in [4.78, 5) is 30.5. The number of carboxylic acids is 1. The first kappa shape index (κ1) is 29.0. The Hall–Kier alpha value is -4.56. The number of carbonyl (C=O) groups is 2. The largest absolute Gasteiger partial charge is 0.481 e. The number of para-hydroxylation sites is 1. The molecule has 8 heteroatoms. The molecule has 0 bridgehead atoms. The molecule has 1 aromatic heterocycles. The number of aryl methyl sites for hydroxylation is 1. The van der Waals surface area contributed by atoms with Crippen molar-refractivity contribution in [3.05, 3.63) is 119 Å². The third-order valence-corrected chi connectivity index (χ3v) is 9.13. The number of nitrogens with zero attached hydrogens (tertiary/aromatic N) is 2. The van der Waals surface area contributed by atoms with Crippen LogP contribution in [0.15, 0.2) is 102 Å². The average Bonchev–Trinajstić information content (AvgIpc) is 2.98. The molecule has 7 nitrogen and oxygen atoms in total. The molecule has 4 aromatic carbocycles. The van der Waals surface area contributed by atoms with E-state index in [1.54, 1.807) is 18.2 Å². The molecule has 0 atom stereocenters. The summed E-state index contributed by atoms with van der Waals surface area (Å²) in [7, 11) is -4.23. The van der Waals surface area contributed by atoms with Crippen LogP contribution in [0.3, 0.4) is 0 Å². The number of hydrogen-bond acceptors (Lipinski definition) is 5. The van der Waals surface area contributed by atoms with E-state index in [0.717, 1.165) is 21.0 Å². The number of benzene rings is 4. The van der Waals surface area contributed by atoms with Crippen LogP contribution in [-0.4, -0.2) is 41.2 Å². The number of carbonyl (C=O) groups excluding carboxylic acids is 1. The number of hydrogen-bond donors (Lipinski definition) is 1. The van der Waals surface area contributed by atoms with Crippen molar-refractivity contribution in [1.29, 1.82) is 0 Å². The highest BCUT2D eigenvalue weighted by atomic mass is 32.2. The highest BCUT2D eigenvalue weighted by molar-refractivity contribution is 7.89. The number of rotatable bonds is 11. The maximum Gasteiger partial charge on any atom is 0.303 e. The van der Waals surface area contributed by atoms with Gasteiger partial charge in [-0.2, -0.15) is 0 Å². The molecule has 0 spiro atoms. The lowest BCUT2D eigenvalue weighted by Gasteiger charge is -2.25. The summed E-state index contributed by atoms with van der Waals surface area (Å²) in [6.45, 7) is 1.79. The van der Waals surface area contributed by atoms with Gasteiger partial charge >= 0.3 is 5.97 Å². The highest BCUT2D eigenvalue weighted by Gasteiger charge is 2.32. The van der Waals surface area contributed by atoms with E-state index in [2.05, 4.69) is 0 Å². The Morgan fingerprint density at radius 3 is 2.21 bits per heavy atom. The minimum atomic E-state index is -4.23. The summed E-state index contributed by atoms with van der Waals surface area (Å²) in [5.74, 6) is -1.53. The zero-order chi connectivity index (χ0) is 29.7. The van der Waals surface area contributed by atoms with Crippen molar-refractivity contribution in [3.63, 3.8) is 0 Å². The summed E-state index contributed by atoms with van der Waals surface area (Å²) >= 11 is 0. The Labute approximate surface area is 245 Å². The van der Waals surface area contributed by atoms with Gasteiger partial charge < -0.3 is 5.11 Å². The molecule has 0 saturated carbocycles. The quantitative estimate of drug-likeness (QED) is 0.137. The molecule has 1 amide bonds. The fourth-order valence-electron chi connectivity index (χ4n) is 5.20. The topological polar surface area (TPSA) is 105 Å². The number of fused-ring (bicyclic) bond motifs is 2. The van der Waals surface area contributed by atoms with Crippen LogP contribution >= 0.6 is 0 Å². The van der Waals surface area contributed by atoms with E-state index in [9.17, 15) is 18.0 Å². The molecule has 1 N–H and O–H groups in total. The third kappa shape index (κ3) is 6.19. The fourth-order valence-corrected chi connectivity index (χ4v) is 6.62. The summed E-state index contributed by atoms with van der Waals surface area (Å²) < 4.78 is 29.1. The molecule has 0 radical (unpaired) electrons. The molecule has 1 heterocycles. The SMILES string of the molecule is Cc1ccc(S(=O)(=O)N(CCCCCC(=O)O)C(=O)c2c3ccccc3nc3cccc(Cc4ccccc4)c23)cc1. The minimum absolute atomic E-state index is 0.0128. The van der Waals surface area contributed by atoms with Crippen molar-refractivity contribution in [3.8, 4) is 0 Å². The van der Waals surface area contributed by atoms with E-state index < -0.39 is 21.9 Å². The molecule has 0 fully saturated rings. The van der Waals surface area contributed by atoms with Gasteiger partial charge in [-0.15, -0.1) is 0 Å². The number of amides is 1. The van der Waals surface area contributed by atoms with Gasteiger partial charge in [0.25, 0.3) is 15.9 Å². The van der Waals surface area contributed by atoms with E-state index in [-0.39, 0.29) is 17.9 Å². The Kier molecular flexibility index (Phi) is 8.64. The first-order chi connectivity index (χ1) is 20.3. The van der Waals surface area contributed by atoms with Crippen molar-refractivity contribution in [2.24, 2.45) is 0 Å². The lowest BCUT2D eigenvalue weighted by atomic mass is 9.94. The lowest BCUT2D eigenvalue weighted by molar-refractivity contribution is -0.137. The van der Waals surface area contributed by atoms with E-state index >= 15 is 0 Å². The zero-order valence-corrected chi connectivity index (χ0v) is 24.2. The number of pyridine rings is 1. The van der Waals surface area contributed by atoms with Gasteiger partial charge in [-0.1, -0.05) is 84.8 Å². The van der Waals surface area contributed by atoms with Crippen LogP contribution in [0.5, 0.6) is 0 Å². The smallest absolute Gasteiger partial charge is 0.303 e. The lowest BCUT2D eigenvalue weighted by Crippen LogP contribution is -2.38.